The Labute approximate surface area is 212 Å². The smallest absolute Gasteiger partial charge is 0.271 e. The van der Waals surface area contributed by atoms with Crippen LogP contribution >= 0.6 is 27.7 Å². The number of hydrogen-bond acceptors (Lipinski definition) is 5. The van der Waals surface area contributed by atoms with Crippen LogP contribution < -0.4 is 10.3 Å². The summed E-state index contributed by atoms with van der Waals surface area (Å²) in [5.74, 6) is 0.295. The highest BCUT2D eigenvalue weighted by molar-refractivity contribution is 9.10. The van der Waals surface area contributed by atoms with Gasteiger partial charge in [0.15, 0.2) is 0 Å². The van der Waals surface area contributed by atoms with Gasteiger partial charge in [0.2, 0.25) is 5.91 Å². The minimum Gasteiger partial charge on any atom is -0.377 e. The average Bonchev–Trinajstić information content (AvgIpc) is 3.19. The lowest BCUT2D eigenvalue weighted by Gasteiger charge is -2.24. The molecule has 1 saturated heterocycles. The molecule has 0 radical (unpaired) electrons. The molecule has 2 amide bonds. The minimum atomic E-state index is -0.289. The van der Waals surface area contributed by atoms with Gasteiger partial charge in [-0.05, 0) is 56.9 Å². The fourth-order valence-electron chi connectivity index (χ4n) is 3.68. The molecule has 1 N–H and O–H groups in total. The maximum atomic E-state index is 12.5. The van der Waals surface area contributed by atoms with Gasteiger partial charge in [-0.2, -0.15) is 5.10 Å². The first kappa shape index (κ1) is 24.0. The van der Waals surface area contributed by atoms with Crippen molar-refractivity contribution in [1.82, 2.24) is 10.3 Å². The number of hydrazone groups is 1. The van der Waals surface area contributed by atoms with Gasteiger partial charge in [0.25, 0.3) is 5.91 Å². The number of carbonyl (C=O) groups is 2. The standard InChI is InChI=1S/C26H25BrN4O2S/c1-30(2)23-13-8-19(14-22(23)27)15-28-29-25(33)20-9-11-21(12-10-20)26-31(24(32)17-34-26)16-18-6-4-3-5-7-18/h3-15,26H,16-17H2,1-2H3,(H,29,33)/b28-15+. The van der Waals surface area contributed by atoms with Crippen molar-refractivity contribution in [2.24, 2.45) is 5.10 Å². The molecule has 174 valence electrons. The van der Waals surface area contributed by atoms with E-state index in [0.29, 0.717) is 17.9 Å². The van der Waals surface area contributed by atoms with Gasteiger partial charge in [-0.15, -0.1) is 11.8 Å². The third-order valence-electron chi connectivity index (χ3n) is 5.46. The highest BCUT2D eigenvalue weighted by Gasteiger charge is 2.32. The maximum Gasteiger partial charge on any atom is 0.271 e. The summed E-state index contributed by atoms with van der Waals surface area (Å²) in [5.41, 5.74) is 7.11. The molecule has 0 saturated carbocycles. The molecule has 1 aliphatic rings. The largest absolute Gasteiger partial charge is 0.377 e. The van der Waals surface area contributed by atoms with E-state index in [1.54, 1.807) is 30.1 Å². The topological polar surface area (TPSA) is 65.0 Å². The molecule has 1 heterocycles. The maximum absolute atomic E-state index is 12.5. The number of halogens is 1. The molecular formula is C26H25BrN4O2S. The number of nitrogens with zero attached hydrogens (tertiary/aromatic N) is 3. The average molecular weight is 537 g/mol. The van der Waals surface area contributed by atoms with E-state index in [1.165, 1.54) is 0 Å². The summed E-state index contributed by atoms with van der Waals surface area (Å²) < 4.78 is 0.952. The monoisotopic (exact) mass is 536 g/mol. The Morgan fingerprint density at radius 2 is 1.88 bits per heavy atom. The molecule has 1 unspecified atom stereocenters. The Balaban J connectivity index is 1.39. The Morgan fingerprint density at radius 1 is 1.15 bits per heavy atom. The van der Waals surface area contributed by atoms with Gasteiger partial charge >= 0.3 is 0 Å². The van der Waals surface area contributed by atoms with E-state index in [1.807, 2.05) is 84.6 Å². The molecule has 1 aliphatic heterocycles. The predicted octanol–water partition coefficient (Wildman–Crippen LogP) is 5.05. The first-order valence-corrected chi connectivity index (χ1v) is 12.6. The first-order valence-electron chi connectivity index (χ1n) is 10.8. The molecule has 6 nitrogen and oxygen atoms in total. The van der Waals surface area contributed by atoms with Crippen LogP contribution in [0.3, 0.4) is 0 Å². The van der Waals surface area contributed by atoms with Crippen molar-refractivity contribution in [3.8, 4) is 0 Å². The molecule has 1 fully saturated rings. The number of rotatable bonds is 7. The fourth-order valence-corrected chi connectivity index (χ4v) is 5.62. The van der Waals surface area contributed by atoms with Gasteiger partial charge in [0, 0.05) is 30.7 Å². The molecule has 8 heteroatoms. The van der Waals surface area contributed by atoms with Crippen LogP contribution in [0.2, 0.25) is 0 Å². The van der Waals surface area contributed by atoms with Crippen molar-refractivity contribution in [2.45, 2.75) is 11.9 Å². The molecule has 3 aromatic rings. The number of anilines is 1. The van der Waals surface area contributed by atoms with E-state index < -0.39 is 0 Å². The second kappa shape index (κ2) is 10.9. The Bertz CT molecular complexity index is 1200. The second-order valence-electron chi connectivity index (χ2n) is 8.10. The summed E-state index contributed by atoms with van der Waals surface area (Å²) in [6, 6.07) is 23.2. The number of amides is 2. The zero-order valence-electron chi connectivity index (χ0n) is 18.9. The van der Waals surface area contributed by atoms with Crippen molar-refractivity contribution in [1.29, 1.82) is 0 Å². The molecule has 3 aromatic carbocycles. The lowest BCUT2D eigenvalue weighted by molar-refractivity contribution is -0.128. The van der Waals surface area contributed by atoms with Crippen LogP contribution in [-0.4, -0.2) is 42.8 Å². The SMILES string of the molecule is CN(C)c1ccc(/C=N/NC(=O)c2ccc(C3SCC(=O)N3Cc3ccccc3)cc2)cc1Br. The fraction of sp³-hybridized carbons (Fsp3) is 0.192. The highest BCUT2D eigenvalue weighted by Crippen LogP contribution is 2.39. The third-order valence-corrected chi connectivity index (χ3v) is 7.35. The van der Waals surface area contributed by atoms with Gasteiger partial charge in [-0.1, -0.05) is 48.5 Å². The van der Waals surface area contributed by atoms with Crippen molar-refractivity contribution in [3.63, 3.8) is 0 Å². The predicted molar refractivity (Wildman–Crippen MR) is 142 cm³/mol. The van der Waals surface area contributed by atoms with E-state index in [-0.39, 0.29) is 17.2 Å². The third kappa shape index (κ3) is 5.69. The highest BCUT2D eigenvalue weighted by atomic mass is 79.9. The zero-order chi connectivity index (χ0) is 24.1. The summed E-state index contributed by atoms with van der Waals surface area (Å²) >= 11 is 5.16. The molecule has 1 atom stereocenters. The summed E-state index contributed by atoms with van der Waals surface area (Å²) in [4.78, 5) is 28.9. The van der Waals surface area contributed by atoms with Gasteiger partial charge in [-0.3, -0.25) is 9.59 Å². The number of thioether (sulfide) groups is 1. The van der Waals surface area contributed by atoms with Crippen LogP contribution in [0, 0.1) is 0 Å². The molecule has 0 aromatic heterocycles. The van der Waals surface area contributed by atoms with Crippen LogP contribution in [0.25, 0.3) is 0 Å². The summed E-state index contributed by atoms with van der Waals surface area (Å²) in [5, 5.41) is 4.02. The van der Waals surface area contributed by atoms with Crippen molar-refractivity contribution >= 4 is 51.4 Å². The Hall–Kier alpha value is -3.10. The molecular weight excluding hydrogens is 512 g/mol. The van der Waals surface area contributed by atoms with Crippen LogP contribution in [-0.2, 0) is 11.3 Å². The normalized spacial score (nSPS) is 15.7. The van der Waals surface area contributed by atoms with Gasteiger partial charge < -0.3 is 9.80 Å². The van der Waals surface area contributed by atoms with Gasteiger partial charge in [0.1, 0.15) is 5.37 Å². The van der Waals surface area contributed by atoms with Crippen molar-refractivity contribution < 1.29 is 9.59 Å². The quantitative estimate of drug-likeness (QED) is 0.338. The van der Waals surface area contributed by atoms with Crippen molar-refractivity contribution in [3.05, 3.63) is 99.5 Å². The van der Waals surface area contributed by atoms with Crippen LogP contribution in [0.4, 0.5) is 5.69 Å². The molecule has 0 bridgehead atoms. The van der Waals surface area contributed by atoms with Crippen molar-refractivity contribution in [2.75, 3.05) is 24.7 Å². The summed E-state index contributed by atoms with van der Waals surface area (Å²) in [7, 11) is 3.95. The van der Waals surface area contributed by atoms with E-state index >= 15 is 0 Å². The molecule has 0 spiro atoms. The van der Waals surface area contributed by atoms with Crippen LogP contribution in [0.15, 0.2) is 82.4 Å². The number of benzene rings is 3. The lowest BCUT2D eigenvalue weighted by atomic mass is 10.1. The first-order chi connectivity index (χ1) is 16.4. The van der Waals surface area contributed by atoms with Gasteiger partial charge in [0.05, 0.1) is 17.7 Å². The molecule has 0 aliphatic carbocycles. The number of carbonyl (C=O) groups excluding carboxylic acids is 2. The Morgan fingerprint density at radius 3 is 2.56 bits per heavy atom. The number of hydrogen-bond donors (Lipinski definition) is 1. The zero-order valence-corrected chi connectivity index (χ0v) is 21.3. The van der Waals surface area contributed by atoms with E-state index in [9.17, 15) is 9.59 Å². The number of nitrogens with one attached hydrogen (secondary N) is 1. The van der Waals surface area contributed by atoms with E-state index in [0.717, 1.165) is 26.9 Å². The minimum absolute atomic E-state index is 0.0635. The van der Waals surface area contributed by atoms with Gasteiger partial charge in [-0.25, -0.2) is 5.43 Å². The van der Waals surface area contributed by atoms with E-state index in [2.05, 4.69) is 26.5 Å². The molecule has 4 rings (SSSR count). The lowest BCUT2D eigenvalue weighted by Crippen LogP contribution is -2.27. The Kier molecular flexibility index (Phi) is 7.70. The summed E-state index contributed by atoms with van der Waals surface area (Å²) in [6.07, 6.45) is 1.61. The molecule has 34 heavy (non-hydrogen) atoms. The van der Waals surface area contributed by atoms with E-state index in [4.69, 9.17) is 0 Å². The second-order valence-corrected chi connectivity index (χ2v) is 10.0. The van der Waals surface area contributed by atoms with Crippen LogP contribution in [0.1, 0.15) is 32.4 Å². The van der Waals surface area contributed by atoms with Crippen LogP contribution in [0.5, 0.6) is 0 Å². The summed E-state index contributed by atoms with van der Waals surface area (Å²) in [6.45, 7) is 0.569.